The minimum absolute atomic E-state index is 0.0353. The fourth-order valence-electron chi connectivity index (χ4n) is 1.07. The zero-order chi connectivity index (χ0) is 13.6. The van der Waals surface area contributed by atoms with E-state index < -0.39 is 16.0 Å². The number of carboxylic acids is 1. The number of aliphatic hydroxyl groups excluding tert-OH is 1. The third-order valence-electron chi connectivity index (χ3n) is 1.83. The monoisotopic (exact) mass is 295 g/mol. The van der Waals surface area contributed by atoms with Gasteiger partial charge < -0.3 is 14.9 Å². The summed E-state index contributed by atoms with van der Waals surface area (Å²) in [6, 6.07) is 2.48. The number of aromatic carboxylic acids is 1. The van der Waals surface area contributed by atoms with E-state index in [4.69, 9.17) is 14.9 Å². The van der Waals surface area contributed by atoms with E-state index in [9.17, 15) is 13.2 Å². The number of rotatable bonds is 8. The number of nitrogens with one attached hydrogen (secondary N) is 1. The van der Waals surface area contributed by atoms with E-state index in [2.05, 4.69) is 4.72 Å². The van der Waals surface area contributed by atoms with Crippen LogP contribution in [0.25, 0.3) is 0 Å². The highest BCUT2D eigenvalue weighted by Gasteiger charge is 2.18. The van der Waals surface area contributed by atoms with Crippen molar-refractivity contribution in [1.82, 2.24) is 4.72 Å². The standard InChI is InChI=1S/C9H13NO6S2/c11-4-6-16-5-3-10-18(14,15)8-2-1-7(17-8)9(12)13/h1-2,10-11H,3-6H2,(H,12,13). The van der Waals surface area contributed by atoms with E-state index in [1.54, 1.807) is 0 Å². The van der Waals surface area contributed by atoms with Gasteiger partial charge in [0.25, 0.3) is 0 Å². The zero-order valence-electron chi connectivity index (χ0n) is 9.33. The fourth-order valence-corrected chi connectivity index (χ4v) is 3.27. The molecule has 0 saturated heterocycles. The van der Waals surface area contributed by atoms with Crippen LogP contribution in [0.3, 0.4) is 0 Å². The van der Waals surface area contributed by atoms with Crippen LogP contribution >= 0.6 is 11.3 Å². The SMILES string of the molecule is O=C(O)c1ccc(S(=O)(=O)NCCOCCO)s1. The average Bonchev–Trinajstić information content (AvgIpc) is 2.78. The lowest BCUT2D eigenvalue weighted by Gasteiger charge is -2.04. The molecule has 0 spiro atoms. The normalized spacial score (nSPS) is 11.6. The molecule has 18 heavy (non-hydrogen) atoms. The van der Waals surface area contributed by atoms with Gasteiger partial charge in [0.05, 0.1) is 19.8 Å². The minimum atomic E-state index is -3.70. The zero-order valence-corrected chi connectivity index (χ0v) is 11.0. The Morgan fingerprint density at radius 2 is 2.11 bits per heavy atom. The van der Waals surface area contributed by atoms with E-state index >= 15 is 0 Å². The Morgan fingerprint density at radius 1 is 1.39 bits per heavy atom. The van der Waals surface area contributed by atoms with Gasteiger partial charge in [0.15, 0.2) is 0 Å². The molecule has 0 amide bonds. The Kier molecular flexibility index (Phi) is 5.69. The van der Waals surface area contributed by atoms with E-state index in [0.717, 1.165) is 0 Å². The highest BCUT2D eigenvalue weighted by molar-refractivity contribution is 7.91. The smallest absolute Gasteiger partial charge is 0.345 e. The summed E-state index contributed by atoms with van der Waals surface area (Å²) in [6.45, 7) is 0.211. The summed E-state index contributed by atoms with van der Waals surface area (Å²) in [7, 11) is -3.70. The summed E-state index contributed by atoms with van der Waals surface area (Å²) >= 11 is 0.685. The molecule has 0 radical (unpaired) electrons. The van der Waals surface area contributed by atoms with E-state index in [-0.39, 0.29) is 35.5 Å². The first kappa shape index (κ1) is 15.1. The lowest BCUT2D eigenvalue weighted by molar-refractivity contribution is 0.0702. The van der Waals surface area contributed by atoms with Crippen molar-refractivity contribution in [3.63, 3.8) is 0 Å². The number of thiophene rings is 1. The van der Waals surface area contributed by atoms with Crippen LogP contribution in [0.4, 0.5) is 0 Å². The van der Waals surface area contributed by atoms with Gasteiger partial charge in [0.1, 0.15) is 9.09 Å². The number of hydrogen-bond acceptors (Lipinski definition) is 6. The van der Waals surface area contributed by atoms with Crippen molar-refractivity contribution in [2.45, 2.75) is 4.21 Å². The quantitative estimate of drug-likeness (QED) is 0.569. The van der Waals surface area contributed by atoms with Gasteiger partial charge in [-0.3, -0.25) is 0 Å². The lowest BCUT2D eigenvalue weighted by atomic mass is 10.5. The molecular weight excluding hydrogens is 282 g/mol. The molecule has 3 N–H and O–H groups in total. The highest BCUT2D eigenvalue weighted by atomic mass is 32.2. The topological polar surface area (TPSA) is 113 Å². The van der Waals surface area contributed by atoms with Crippen molar-refractivity contribution in [3.8, 4) is 0 Å². The van der Waals surface area contributed by atoms with Gasteiger partial charge in [0, 0.05) is 6.54 Å². The second kappa shape index (κ2) is 6.81. The van der Waals surface area contributed by atoms with Crippen molar-refractivity contribution >= 4 is 27.3 Å². The van der Waals surface area contributed by atoms with Gasteiger partial charge in [0.2, 0.25) is 10.0 Å². The van der Waals surface area contributed by atoms with Crippen LogP contribution in [0.1, 0.15) is 9.67 Å². The number of ether oxygens (including phenoxy) is 1. The fraction of sp³-hybridized carbons (Fsp3) is 0.444. The van der Waals surface area contributed by atoms with Crippen LogP contribution in [0, 0.1) is 0 Å². The van der Waals surface area contributed by atoms with E-state index in [0.29, 0.717) is 11.3 Å². The number of aliphatic hydroxyl groups is 1. The van der Waals surface area contributed by atoms with E-state index in [1.165, 1.54) is 12.1 Å². The summed E-state index contributed by atoms with van der Waals surface area (Å²) in [4.78, 5) is 10.6. The lowest BCUT2D eigenvalue weighted by Crippen LogP contribution is -2.27. The molecule has 102 valence electrons. The van der Waals surface area contributed by atoms with Crippen LogP contribution in [0.2, 0.25) is 0 Å². The molecule has 1 aromatic rings. The number of hydrogen-bond donors (Lipinski definition) is 3. The molecule has 0 atom stereocenters. The van der Waals surface area contributed by atoms with Crippen molar-refractivity contribution in [3.05, 3.63) is 17.0 Å². The maximum absolute atomic E-state index is 11.7. The Labute approximate surface area is 108 Å². The summed E-state index contributed by atoms with van der Waals surface area (Å²) in [5.41, 5.74) is 0. The van der Waals surface area contributed by atoms with E-state index in [1.807, 2.05) is 0 Å². The van der Waals surface area contributed by atoms with Crippen LogP contribution in [0.5, 0.6) is 0 Å². The van der Waals surface area contributed by atoms with Crippen molar-refractivity contribution in [2.75, 3.05) is 26.4 Å². The third kappa shape index (κ3) is 4.35. The predicted molar refractivity (Wildman–Crippen MR) is 64.4 cm³/mol. The molecule has 0 fully saturated rings. The highest BCUT2D eigenvalue weighted by Crippen LogP contribution is 2.21. The molecule has 1 aromatic heterocycles. The molecule has 1 heterocycles. The molecule has 0 aliphatic heterocycles. The molecule has 0 bridgehead atoms. The summed E-state index contributed by atoms with van der Waals surface area (Å²) in [6.07, 6.45) is 0. The minimum Gasteiger partial charge on any atom is -0.477 e. The van der Waals surface area contributed by atoms with Gasteiger partial charge in [-0.25, -0.2) is 17.9 Å². The summed E-state index contributed by atoms with van der Waals surface area (Å²) < 4.78 is 30.5. The second-order valence-electron chi connectivity index (χ2n) is 3.16. The molecular formula is C9H13NO6S2. The number of sulfonamides is 1. The molecule has 1 rings (SSSR count). The molecule has 9 heteroatoms. The molecule has 7 nitrogen and oxygen atoms in total. The first-order valence-corrected chi connectivity index (χ1v) is 7.29. The first-order valence-electron chi connectivity index (χ1n) is 4.99. The Bertz CT molecular complexity index is 495. The van der Waals surface area contributed by atoms with Crippen LogP contribution in [-0.4, -0.2) is 51.0 Å². The van der Waals surface area contributed by atoms with Crippen LogP contribution in [0.15, 0.2) is 16.3 Å². The largest absolute Gasteiger partial charge is 0.477 e. The molecule has 0 unspecified atom stereocenters. The summed E-state index contributed by atoms with van der Waals surface area (Å²) in [5, 5.41) is 17.1. The number of carbonyl (C=O) groups is 1. The average molecular weight is 295 g/mol. The molecule has 0 aromatic carbocycles. The van der Waals surface area contributed by atoms with Gasteiger partial charge in [-0.05, 0) is 12.1 Å². The first-order chi connectivity index (χ1) is 8.47. The van der Waals surface area contributed by atoms with Crippen LogP contribution < -0.4 is 4.72 Å². The van der Waals surface area contributed by atoms with Crippen molar-refractivity contribution in [2.24, 2.45) is 0 Å². The van der Waals surface area contributed by atoms with Gasteiger partial charge >= 0.3 is 5.97 Å². The molecule has 0 saturated carbocycles. The molecule has 0 aliphatic rings. The maximum atomic E-state index is 11.7. The van der Waals surface area contributed by atoms with Gasteiger partial charge in [-0.15, -0.1) is 11.3 Å². The third-order valence-corrected chi connectivity index (χ3v) is 4.86. The Hall–Kier alpha value is -1.00. The van der Waals surface area contributed by atoms with Gasteiger partial charge in [-0.1, -0.05) is 0 Å². The van der Waals surface area contributed by atoms with Crippen molar-refractivity contribution < 1.29 is 28.2 Å². The number of carboxylic acid groups (broad SMARTS) is 1. The Balaban J connectivity index is 2.54. The maximum Gasteiger partial charge on any atom is 0.345 e. The molecule has 0 aliphatic carbocycles. The predicted octanol–water partition coefficient (Wildman–Crippen LogP) is -0.267. The second-order valence-corrected chi connectivity index (χ2v) is 6.24. The van der Waals surface area contributed by atoms with Crippen LogP contribution in [-0.2, 0) is 14.8 Å². The Morgan fingerprint density at radius 3 is 2.67 bits per heavy atom. The summed E-state index contributed by atoms with van der Waals surface area (Å²) in [5.74, 6) is -1.16. The van der Waals surface area contributed by atoms with Gasteiger partial charge in [-0.2, -0.15) is 0 Å². The van der Waals surface area contributed by atoms with Crippen molar-refractivity contribution in [1.29, 1.82) is 0 Å².